The Hall–Kier alpha value is -1.56. The maximum absolute atomic E-state index is 5.99. The van der Waals surface area contributed by atoms with Crippen molar-refractivity contribution in [1.29, 1.82) is 0 Å². The summed E-state index contributed by atoms with van der Waals surface area (Å²) in [6.45, 7) is 11.7. The Kier molecular flexibility index (Phi) is 11.8. The quantitative estimate of drug-likeness (QED) is 0.162. The van der Waals surface area contributed by atoms with E-state index in [1.165, 1.54) is 33.6 Å². The van der Waals surface area contributed by atoms with Gasteiger partial charge >= 0.3 is 139 Å². The molecule has 0 spiro atoms. The van der Waals surface area contributed by atoms with Crippen molar-refractivity contribution in [3.05, 3.63) is 95.1 Å². The summed E-state index contributed by atoms with van der Waals surface area (Å²) >= 11 is -0.0254. The number of rotatable bonds is 7. The van der Waals surface area contributed by atoms with Gasteiger partial charge in [-0.25, -0.2) is 0 Å². The Balaban J connectivity index is 0.000000213. The second-order valence-corrected chi connectivity index (χ2v) is 15.7. The van der Waals surface area contributed by atoms with Crippen molar-refractivity contribution in [1.82, 2.24) is 4.31 Å². The molecule has 0 aromatic heterocycles. The third kappa shape index (κ3) is 8.73. The Labute approximate surface area is 240 Å². The topological polar surface area (TPSA) is 21.8 Å². The summed E-state index contributed by atoms with van der Waals surface area (Å²) in [5, 5.41) is 3.49. The van der Waals surface area contributed by atoms with Crippen molar-refractivity contribution in [2.75, 3.05) is 48.6 Å². The monoisotopic (exact) mass is 645 g/mol. The minimum absolute atomic E-state index is 0.743. The van der Waals surface area contributed by atoms with Gasteiger partial charge in [-0.1, -0.05) is 17.7 Å². The first-order valence-corrected chi connectivity index (χ1v) is 18.8. The largest absolute Gasteiger partial charge is 0.506 e. The van der Waals surface area contributed by atoms with E-state index in [-0.39, 0.29) is 0 Å². The van der Waals surface area contributed by atoms with E-state index in [9.17, 15) is 0 Å². The van der Waals surface area contributed by atoms with Crippen LogP contribution in [-0.2, 0) is 20.1 Å². The van der Waals surface area contributed by atoms with Gasteiger partial charge in [-0.15, -0.1) is 11.9 Å². The number of para-hydroxylation sites is 2. The normalized spacial score (nSPS) is 13.6. The number of halogens is 2. The number of hydrogen-bond acceptors (Lipinski definition) is 5. The van der Waals surface area contributed by atoms with Crippen LogP contribution in [0, 0.1) is 27.4 Å². The molecule has 3 aromatic rings. The van der Waals surface area contributed by atoms with Gasteiger partial charge in [-0.3, -0.25) is 0 Å². The number of aryl methyl sites for hydroxylation is 3. The van der Waals surface area contributed by atoms with Gasteiger partial charge in [0.2, 0.25) is 0 Å². The Morgan fingerprint density at radius 3 is 2.27 bits per heavy atom. The minimum atomic E-state index is -1.81. The van der Waals surface area contributed by atoms with Crippen LogP contribution in [0.5, 0.6) is 0 Å². The second-order valence-electron chi connectivity index (χ2n) is 9.15. The molecule has 0 amide bonds. The van der Waals surface area contributed by atoms with Gasteiger partial charge in [-0.05, 0) is 44.7 Å². The molecular weight excluding hydrogens is 608 g/mol. The molecule has 0 aliphatic carbocycles. The first-order chi connectivity index (χ1) is 17.7. The zero-order valence-electron chi connectivity index (χ0n) is 22.4. The molecule has 1 aliphatic heterocycles. The van der Waals surface area contributed by atoms with E-state index in [0.29, 0.717) is 0 Å². The van der Waals surface area contributed by atoms with Crippen LogP contribution in [0.25, 0.3) is 0 Å². The molecule has 1 heterocycles. The maximum Gasteiger partial charge on any atom is 0.0142 e. The number of hydrogen-bond donors (Lipinski definition) is 1. The summed E-state index contributed by atoms with van der Waals surface area (Å²) in [4.78, 5) is 4.46. The maximum atomic E-state index is 5.99. The van der Waals surface area contributed by atoms with Crippen LogP contribution in [-0.4, -0.2) is 42.4 Å². The molecule has 0 saturated carbocycles. The van der Waals surface area contributed by atoms with Crippen LogP contribution in [0.1, 0.15) is 27.8 Å². The Bertz CT molecular complexity index is 1190. The predicted molar refractivity (Wildman–Crippen MR) is 164 cm³/mol. The number of benzene rings is 3. The van der Waals surface area contributed by atoms with Crippen LogP contribution in [0.3, 0.4) is 0 Å². The molecule has 1 saturated heterocycles. The minimum Gasteiger partial charge on any atom is -0.506 e. The summed E-state index contributed by atoms with van der Waals surface area (Å²) in [6.07, 6.45) is 2.12. The average molecular weight is 646 g/mol. The van der Waals surface area contributed by atoms with Gasteiger partial charge < -0.3 is 9.21 Å². The first-order valence-electron chi connectivity index (χ1n) is 12.1. The van der Waals surface area contributed by atoms with E-state index in [4.69, 9.17) is 19.4 Å². The van der Waals surface area contributed by atoms with Crippen molar-refractivity contribution in [3.8, 4) is 0 Å². The van der Waals surface area contributed by atoms with Crippen molar-refractivity contribution in [3.63, 3.8) is 0 Å². The smallest absolute Gasteiger partial charge is 0.0142 e. The zero-order valence-corrected chi connectivity index (χ0v) is 26.5. The molecule has 1 aliphatic rings. The van der Waals surface area contributed by atoms with Crippen LogP contribution in [0.2, 0.25) is 0 Å². The van der Waals surface area contributed by atoms with Crippen molar-refractivity contribution < 1.29 is 13.5 Å². The van der Waals surface area contributed by atoms with Crippen molar-refractivity contribution in [2.24, 2.45) is 0 Å². The van der Waals surface area contributed by atoms with Gasteiger partial charge in [0.05, 0.1) is 0 Å². The summed E-state index contributed by atoms with van der Waals surface area (Å²) in [5.41, 5.74) is 10.1. The van der Waals surface area contributed by atoms with Gasteiger partial charge in [0.1, 0.15) is 0 Å². The van der Waals surface area contributed by atoms with Crippen molar-refractivity contribution >= 4 is 53.0 Å². The molecule has 202 valence electrons. The van der Waals surface area contributed by atoms with E-state index in [1.54, 1.807) is 11.9 Å². The van der Waals surface area contributed by atoms with Crippen LogP contribution in [0.4, 0.5) is 17.1 Å². The van der Waals surface area contributed by atoms with E-state index in [1.807, 2.05) is 43.0 Å². The first kappa shape index (κ1) is 30.0. The summed E-state index contributed by atoms with van der Waals surface area (Å²) in [5.74, 6) is 0. The Morgan fingerprint density at radius 1 is 1.00 bits per heavy atom. The van der Waals surface area contributed by atoms with Gasteiger partial charge in [0.15, 0.2) is 0 Å². The van der Waals surface area contributed by atoms with E-state index >= 15 is 0 Å². The van der Waals surface area contributed by atoms with Gasteiger partial charge in [0, 0.05) is 12.2 Å². The average Bonchev–Trinajstić information content (AvgIpc) is 3.32. The molecule has 37 heavy (non-hydrogen) atoms. The molecule has 1 fully saturated rings. The standard InChI is InChI=1S/C16H18N2.C13H19N2S.2ClH.Ru/c1-13-8-4-5-9-14(13)12-17-15-10-6-7-11-16(15)18(2)3;1-10-7-11(2)13(12(3)8-10)14-5-6-15(9-14)16-4;;;/h1,4-11,17H,12H2,2-3H3;7-9H,5-6H2,1-4H3;2*1H;/q;-1;;;+2/p-2. The fraction of sp³-hybridized carbons (Fsp3) is 0.310. The summed E-state index contributed by atoms with van der Waals surface area (Å²) in [7, 11) is 16.1. The van der Waals surface area contributed by atoms with E-state index in [2.05, 4.69) is 89.5 Å². The van der Waals surface area contributed by atoms with Crippen molar-refractivity contribution in [2.45, 2.75) is 27.3 Å². The molecule has 0 bridgehead atoms. The second kappa shape index (κ2) is 14.6. The molecule has 8 heteroatoms. The number of nitrogens with zero attached hydrogens (tertiary/aromatic N) is 3. The molecular formula is C29H37Cl2N4RuS-. The Morgan fingerprint density at radius 2 is 1.65 bits per heavy atom. The van der Waals surface area contributed by atoms with Crippen LogP contribution < -0.4 is 15.1 Å². The fourth-order valence-electron chi connectivity index (χ4n) is 4.49. The molecule has 4 nitrogen and oxygen atoms in total. The van der Waals surface area contributed by atoms with E-state index in [0.717, 1.165) is 30.9 Å². The van der Waals surface area contributed by atoms with Gasteiger partial charge in [0.25, 0.3) is 0 Å². The molecule has 0 radical (unpaired) electrons. The number of anilines is 3. The molecule has 0 unspecified atom stereocenters. The SMILES string of the molecule is CN(C)c1ccccc1NCc1ccccc1[CH]=[Ru]([Cl])[Cl].CSN1[CH-]N(c2c(C)cc(C)cc2C)CC1. The molecule has 1 N–H and O–H groups in total. The van der Waals surface area contributed by atoms with Crippen LogP contribution >= 0.6 is 31.3 Å². The van der Waals surface area contributed by atoms with Gasteiger partial charge in [-0.2, -0.15) is 6.67 Å². The summed E-state index contributed by atoms with van der Waals surface area (Å²) < 4.78 is 4.27. The third-order valence-electron chi connectivity index (χ3n) is 6.08. The zero-order chi connectivity index (χ0) is 26.9. The number of nitrogens with one attached hydrogen (secondary N) is 1. The van der Waals surface area contributed by atoms with E-state index < -0.39 is 13.5 Å². The molecule has 3 aromatic carbocycles. The molecule has 4 rings (SSSR count). The fourth-order valence-corrected chi connectivity index (χ4v) is 6.85. The summed E-state index contributed by atoms with van der Waals surface area (Å²) in [6, 6.07) is 21.0. The predicted octanol–water partition coefficient (Wildman–Crippen LogP) is 7.57. The molecule has 0 atom stereocenters. The van der Waals surface area contributed by atoms with Crippen LogP contribution in [0.15, 0.2) is 60.7 Å². The third-order valence-corrected chi connectivity index (χ3v) is 8.66.